The van der Waals surface area contributed by atoms with E-state index in [2.05, 4.69) is 40.7 Å². The Kier molecular flexibility index (Phi) is 6.01. The summed E-state index contributed by atoms with van der Waals surface area (Å²) in [6.45, 7) is 12.4. The number of aliphatic hydroxyl groups is 1. The third-order valence-corrected chi connectivity index (χ3v) is 10.4. The monoisotopic (exact) mass is 401 g/mol. The van der Waals surface area contributed by atoms with Crippen LogP contribution < -0.4 is 5.73 Å². The van der Waals surface area contributed by atoms with Gasteiger partial charge in [-0.25, -0.2) is 0 Å². The lowest BCUT2D eigenvalue weighted by Gasteiger charge is -2.60. The third kappa shape index (κ3) is 3.65. The molecule has 0 aromatic carbocycles. The molecule has 4 aliphatic rings. The van der Waals surface area contributed by atoms with Gasteiger partial charge in [0.2, 0.25) is 0 Å². The van der Waals surface area contributed by atoms with Crippen molar-refractivity contribution < 1.29 is 5.11 Å². The van der Waals surface area contributed by atoms with Crippen LogP contribution in [0.2, 0.25) is 0 Å². The average Bonchev–Trinajstić information content (AvgIpc) is 3.00. The van der Waals surface area contributed by atoms with Crippen molar-refractivity contribution >= 4 is 0 Å². The van der Waals surface area contributed by atoms with Gasteiger partial charge in [0.25, 0.3) is 0 Å². The zero-order chi connectivity index (χ0) is 21.0. The van der Waals surface area contributed by atoms with Gasteiger partial charge in [-0.05, 0) is 91.3 Å². The Balaban J connectivity index is 1.54. The lowest BCUT2D eigenvalue weighted by atomic mass is 9.46. The van der Waals surface area contributed by atoms with Crippen LogP contribution in [0.4, 0.5) is 0 Å². The van der Waals surface area contributed by atoms with Gasteiger partial charge in [0.1, 0.15) is 0 Å². The number of aliphatic hydroxyl groups excluding tert-OH is 1. The highest BCUT2D eigenvalue weighted by Crippen LogP contribution is 2.67. The smallest absolute Gasteiger partial charge is 0.0577 e. The van der Waals surface area contributed by atoms with E-state index in [0.29, 0.717) is 16.7 Å². The van der Waals surface area contributed by atoms with Crippen molar-refractivity contribution in [1.29, 1.82) is 0 Å². The molecule has 0 radical (unpaired) electrons. The quantitative estimate of drug-likeness (QED) is 0.529. The second-order valence-corrected chi connectivity index (χ2v) is 12.4. The summed E-state index contributed by atoms with van der Waals surface area (Å²) >= 11 is 0. The van der Waals surface area contributed by atoms with E-state index >= 15 is 0 Å². The van der Waals surface area contributed by atoms with Gasteiger partial charge in [-0.2, -0.15) is 0 Å². The Bertz CT molecular complexity index is 626. The number of hydrogen-bond donors (Lipinski definition) is 2. The van der Waals surface area contributed by atoms with E-state index in [1.54, 1.807) is 0 Å². The molecule has 9 atom stereocenters. The maximum Gasteiger partial charge on any atom is 0.0577 e. The van der Waals surface area contributed by atoms with Gasteiger partial charge in [0.05, 0.1) is 6.10 Å². The second-order valence-electron chi connectivity index (χ2n) is 12.4. The molecule has 4 rings (SSSR count). The van der Waals surface area contributed by atoms with Crippen molar-refractivity contribution in [2.24, 2.45) is 52.1 Å². The minimum absolute atomic E-state index is 0.144. The summed E-state index contributed by atoms with van der Waals surface area (Å²) in [6.07, 6.45) is 15.0. The van der Waals surface area contributed by atoms with Crippen LogP contribution in [0.1, 0.15) is 98.8 Å². The summed E-state index contributed by atoms with van der Waals surface area (Å²) in [5.41, 5.74) is 9.17. The Hall–Kier alpha value is -0.340. The summed E-state index contributed by atoms with van der Waals surface area (Å²) in [4.78, 5) is 0. The van der Waals surface area contributed by atoms with E-state index in [9.17, 15) is 5.11 Å². The molecule has 0 unspecified atom stereocenters. The number of rotatable bonds is 5. The third-order valence-electron chi connectivity index (χ3n) is 10.4. The van der Waals surface area contributed by atoms with Crippen LogP contribution in [0.3, 0.4) is 0 Å². The summed E-state index contributed by atoms with van der Waals surface area (Å²) in [6, 6.07) is 0.202. The van der Waals surface area contributed by atoms with Crippen molar-refractivity contribution in [2.45, 2.75) is 111 Å². The van der Waals surface area contributed by atoms with Gasteiger partial charge in [0, 0.05) is 6.04 Å². The first-order chi connectivity index (χ1) is 13.7. The van der Waals surface area contributed by atoms with E-state index in [0.717, 1.165) is 48.9 Å². The highest BCUT2D eigenvalue weighted by atomic mass is 16.3. The van der Waals surface area contributed by atoms with E-state index < -0.39 is 0 Å². The molecule has 29 heavy (non-hydrogen) atoms. The Morgan fingerprint density at radius 1 is 1.03 bits per heavy atom. The van der Waals surface area contributed by atoms with Crippen LogP contribution in [-0.4, -0.2) is 17.3 Å². The number of nitrogens with two attached hydrogens (primary N) is 1. The molecule has 0 spiro atoms. The van der Waals surface area contributed by atoms with E-state index in [1.807, 2.05) is 0 Å². The van der Waals surface area contributed by atoms with E-state index in [-0.39, 0.29) is 12.1 Å². The number of hydrogen-bond acceptors (Lipinski definition) is 2. The molecular formula is C27H47NO. The zero-order valence-electron chi connectivity index (χ0n) is 19.8. The maximum absolute atomic E-state index is 10.3. The largest absolute Gasteiger partial charge is 0.393 e. The van der Waals surface area contributed by atoms with Crippen molar-refractivity contribution in [3.63, 3.8) is 0 Å². The zero-order valence-corrected chi connectivity index (χ0v) is 19.8. The van der Waals surface area contributed by atoms with Gasteiger partial charge < -0.3 is 10.8 Å². The van der Waals surface area contributed by atoms with Crippen LogP contribution in [0, 0.1) is 46.3 Å². The van der Waals surface area contributed by atoms with Crippen molar-refractivity contribution in [1.82, 2.24) is 0 Å². The lowest BCUT2D eigenvalue weighted by molar-refractivity contribution is -0.0632. The van der Waals surface area contributed by atoms with E-state index in [4.69, 9.17) is 5.73 Å². The molecule has 2 nitrogen and oxygen atoms in total. The van der Waals surface area contributed by atoms with Gasteiger partial charge in [-0.1, -0.05) is 65.5 Å². The minimum atomic E-state index is -0.144. The molecule has 0 aromatic rings. The van der Waals surface area contributed by atoms with Crippen LogP contribution in [0.15, 0.2) is 11.6 Å². The highest BCUT2D eigenvalue weighted by Gasteiger charge is 2.60. The highest BCUT2D eigenvalue weighted by molar-refractivity contribution is 5.28. The first kappa shape index (κ1) is 21.9. The molecule has 0 aromatic heterocycles. The Labute approximate surface area is 180 Å². The van der Waals surface area contributed by atoms with Crippen molar-refractivity contribution in [2.75, 3.05) is 0 Å². The van der Waals surface area contributed by atoms with Crippen LogP contribution in [0.25, 0.3) is 0 Å². The predicted octanol–water partition coefficient (Wildman–Crippen LogP) is 6.33. The lowest BCUT2D eigenvalue weighted by Crippen LogP contribution is -2.56. The SMILES string of the molecule is CC(C)CCC[C@@H](C)[C@H]1CC[C@H]2[C@@H]3[C@H](N)C=C4C[C@@H](O)CC[C@]4(C)[C@H]3CC[C@]12C. The fourth-order valence-corrected chi connectivity index (χ4v) is 8.74. The summed E-state index contributed by atoms with van der Waals surface area (Å²) in [7, 11) is 0. The molecule has 166 valence electrons. The standard InChI is InChI=1S/C27H47NO/c1-17(2)7-6-8-18(3)21-9-10-22-25-23(12-14-27(21,22)5)26(4)13-11-20(29)15-19(26)16-24(25)28/h16-18,20-25,29H,6-15,28H2,1-5H3/t18-,20+,21-,22+,23+,24-,25+,26+,27-/m1/s1. The number of fused-ring (bicyclic) bond motifs is 5. The summed E-state index contributed by atoms with van der Waals surface area (Å²) in [5, 5.41) is 10.3. The summed E-state index contributed by atoms with van der Waals surface area (Å²) in [5.74, 6) is 4.77. The summed E-state index contributed by atoms with van der Waals surface area (Å²) < 4.78 is 0. The Morgan fingerprint density at radius 2 is 1.79 bits per heavy atom. The van der Waals surface area contributed by atoms with Gasteiger partial charge in [0.15, 0.2) is 0 Å². The topological polar surface area (TPSA) is 46.2 Å². The molecule has 3 fully saturated rings. The second kappa shape index (κ2) is 7.97. The first-order valence-corrected chi connectivity index (χ1v) is 12.8. The molecule has 2 heteroatoms. The van der Waals surface area contributed by atoms with Gasteiger partial charge in [-0.3, -0.25) is 0 Å². The molecule has 3 N–H and O–H groups in total. The normalized spacial score (nSPS) is 47.9. The van der Waals surface area contributed by atoms with Crippen LogP contribution in [0.5, 0.6) is 0 Å². The molecule has 4 aliphatic carbocycles. The van der Waals surface area contributed by atoms with Crippen LogP contribution >= 0.6 is 0 Å². The predicted molar refractivity (Wildman–Crippen MR) is 122 cm³/mol. The first-order valence-electron chi connectivity index (χ1n) is 12.8. The molecule has 0 amide bonds. The maximum atomic E-state index is 10.3. The van der Waals surface area contributed by atoms with E-state index in [1.165, 1.54) is 50.5 Å². The molecule has 0 heterocycles. The molecule has 0 aliphatic heterocycles. The van der Waals surface area contributed by atoms with Crippen molar-refractivity contribution in [3.8, 4) is 0 Å². The van der Waals surface area contributed by atoms with Crippen molar-refractivity contribution in [3.05, 3.63) is 11.6 Å². The Morgan fingerprint density at radius 3 is 2.52 bits per heavy atom. The van der Waals surface area contributed by atoms with Gasteiger partial charge >= 0.3 is 0 Å². The fraction of sp³-hybridized carbons (Fsp3) is 0.926. The molecule has 0 bridgehead atoms. The minimum Gasteiger partial charge on any atom is -0.393 e. The fourth-order valence-electron chi connectivity index (χ4n) is 8.74. The molecule has 0 saturated heterocycles. The molecular weight excluding hydrogens is 354 g/mol. The molecule has 3 saturated carbocycles. The van der Waals surface area contributed by atoms with Gasteiger partial charge in [-0.15, -0.1) is 0 Å². The average molecular weight is 402 g/mol. The van der Waals surface area contributed by atoms with Crippen LogP contribution in [-0.2, 0) is 0 Å².